The molecule has 0 saturated carbocycles. The molecule has 2 nitrogen and oxygen atoms in total. The smallest absolute Gasteiger partial charge is 0.118 e. The summed E-state index contributed by atoms with van der Waals surface area (Å²) >= 11 is 0. The fourth-order valence-corrected chi connectivity index (χ4v) is 2.17. The van der Waals surface area contributed by atoms with E-state index in [2.05, 4.69) is 6.07 Å². The summed E-state index contributed by atoms with van der Waals surface area (Å²) in [4.78, 5) is 0. The minimum Gasteiger partial charge on any atom is -0.497 e. The predicted octanol–water partition coefficient (Wildman–Crippen LogP) is 5.98. The first-order valence-corrected chi connectivity index (χ1v) is 8.31. The molecule has 0 aliphatic rings. The van der Waals surface area contributed by atoms with Crippen LogP contribution in [0.3, 0.4) is 0 Å². The highest BCUT2D eigenvalue weighted by Crippen LogP contribution is 2.13. The lowest BCUT2D eigenvalue weighted by atomic mass is 10.1. The monoisotopic (exact) mass is 339 g/mol. The third-order valence-corrected chi connectivity index (χ3v) is 3.54. The Bertz CT molecular complexity index is 861. The second-order valence-electron chi connectivity index (χ2n) is 5.35. The van der Waals surface area contributed by atoms with E-state index in [1.165, 1.54) is 0 Å². The highest BCUT2D eigenvalue weighted by atomic mass is 16.5. The van der Waals surface area contributed by atoms with Crippen molar-refractivity contribution < 1.29 is 4.74 Å². The van der Waals surface area contributed by atoms with Gasteiger partial charge >= 0.3 is 0 Å². The number of nitriles is 1. The van der Waals surface area contributed by atoms with E-state index in [1.807, 2.05) is 109 Å². The highest BCUT2D eigenvalue weighted by Gasteiger charge is 1.95. The number of rotatable bonds is 7. The number of nitrogens with zero attached hydrogens (tertiary/aromatic N) is 1. The Hall–Kier alpha value is -3.57. The fourth-order valence-electron chi connectivity index (χ4n) is 2.17. The first kappa shape index (κ1) is 18.8. The number of methoxy groups -OCH3 is 1. The molecule has 2 heteroatoms. The predicted molar refractivity (Wildman–Crippen MR) is 109 cm³/mol. The van der Waals surface area contributed by atoms with Crippen molar-refractivity contribution in [3.8, 4) is 11.8 Å². The molecule has 2 rings (SSSR count). The average Bonchev–Trinajstić information content (AvgIpc) is 2.70. The van der Waals surface area contributed by atoms with Gasteiger partial charge in [-0.15, -0.1) is 0 Å². The molecule has 0 atom stereocenters. The van der Waals surface area contributed by atoms with Crippen molar-refractivity contribution in [2.24, 2.45) is 0 Å². The summed E-state index contributed by atoms with van der Waals surface area (Å²) < 4.78 is 5.13. The molecule has 0 saturated heterocycles. The summed E-state index contributed by atoms with van der Waals surface area (Å²) in [6.45, 7) is 0. The topological polar surface area (TPSA) is 33.0 Å². The van der Waals surface area contributed by atoms with Gasteiger partial charge in [0.2, 0.25) is 0 Å². The van der Waals surface area contributed by atoms with Crippen LogP contribution in [0.15, 0.2) is 103 Å². The van der Waals surface area contributed by atoms with Crippen molar-refractivity contribution in [3.05, 3.63) is 114 Å². The Morgan fingerprint density at radius 3 is 2.04 bits per heavy atom. The van der Waals surface area contributed by atoms with Crippen LogP contribution < -0.4 is 4.74 Å². The summed E-state index contributed by atoms with van der Waals surface area (Å²) in [5, 5.41) is 9.21. The first-order valence-electron chi connectivity index (χ1n) is 8.31. The maximum atomic E-state index is 9.21. The molecule has 2 aromatic rings. The second-order valence-corrected chi connectivity index (χ2v) is 5.35. The average molecular weight is 339 g/mol. The molecule has 0 aliphatic heterocycles. The molecule has 0 aliphatic carbocycles. The standard InChI is InChI=1S/C24H21NO/c1-26-24-18-16-21(17-19-24)12-8-5-3-2-4-6-9-15-23(20-25)22-13-10-7-11-14-22/h2-19H,1H3/b4-2+,5-3+,9-6+,12-8+,23-15+. The second kappa shape index (κ2) is 11.1. The zero-order valence-corrected chi connectivity index (χ0v) is 14.7. The van der Waals surface area contributed by atoms with Crippen molar-refractivity contribution in [2.45, 2.75) is 0 Å². The zero-order valence-electron chi connectivity index (χ0n) is 14.7. The molecule has 0 radical (unpaired) electrons. The zero-order chi connectivity index (χ0) is 18.5. The van der Waals surface area contributed by atoms with Gasteiger partial charge in [0.25, 0.3) is 0 Å². The summed E-state index contributed by atoms with van der Waals surface area (Å²) in [5.74, 6) is 0.855. The summed E-state index contributed by atoms with van der Waals surface area (Å²) in [6, 6.07) is 19.7. The van der Waals surface area contributed by atoms with Crippen molar-refractivity contribution in [3.63, 3.8) is 0 Å². The number of ether oxygens (including phenoxy) is 1. The van der Waals surface area contributed by atoms with Gasteiger partial charge in [-0.1, -0.05) is 91.1 Å². The van der Waals surface area contributed by atoms with E-state index in [0.29, 0.717) is 5.57 Å². The van der Waals surface area contributed by atoms with Crippen LogP contribution in [-0.4, -0.2) is 7.11 Å². The Labute approximate surface area is 155 Å². The molecular formula is C24H21NO. The van der Waals surface area contributed by atoms with Crippen molar-refractivity contribution in [1.82, 2.24) is 0 Å². The van der Waals surface area contributed by atoms with E-state index in [1.54, 1.807) is 7.11 Å². The van der Waals surface area contributed by atoms with E-state index in [-0.39, 0.29) is 0 Å². The Morgan fingerprint density at radius 2 is 1.42 bits per heavy atom. The summed E-state index contributed by atoms with van der Waals surface area (Å²) in [7, 11) is 1.66. The number of benzene rings is 2. The van der Waals surface area contributed by atoms with Crippen LogP contribution >= 0.6 is 0 Å². The van der Waals surface area contributed by atoms with Crippen LogP contribution in [0.5, 0.6) is 5.75 Å². The van der Waals surface area contributed by atoms with Crippen molar-refractivity contribution >= 4 is 11.6 Å². The van der Waals surface area contributed by atoms with Gasteiger partial charge in [0.05, 0.1) is 18.8 Å². The molecule has 0 bridgehead atoms. The van der Waals surface area contributed by atoms with Crippen molar-refractivity contribution in [2.75, 3.05) is 7.11 Å². The highest BCUT2D eigenvalue weighted by molar-refractivity contribution is 5.77. The number of hydrogen-bond donors (Lipinski definition) is 0. The van der Waals surface area contributed by atoms with Crippen LogP contribution in [0.4, 0.5) is 0 Å². The van der Waals surface area contributed by atoms with Gasteiger partial charge in [-0.2, -0.15) is 5.26 Å². The maximum Gasteiger partial charge on any atom is 0.118 e. The lowest BCUT2D eigenvalue weighted by Gasteiger charge is -1.98. The lowest BCUT2D eigenvalue weighted by molar-refractivity contribution is 0.415. The fraction of sp³-hybridized carbons (Fsp3) is 0.0417. The minimum absolute atomic E-state index is 0.646. The Balaban J connectivity index is 1.83. The molecule has 0 unspecified atom stereocenters. The van der Waals surface area contributed by atoms with Gasteiger partial charge in [-0.25, -0.2) is 0 Å². The summed E-state index contributed by atoms with van der Waals surface area (Å²) in [6.07, 6.45) is 17.4. The third-order valence-electron chi connectivity index (χ3n) is 3.54. The normalized spacial score (nSPS) is 12.4. The molecule has 0 amide bonds. The van der Waals surface area contributed by atoms with Crippen LogP contribution in [-0.2, 0) is 0 Å². The molecule has 0 N–H and O–H groups in total. The van der Waals surface area contributed by atoms with E-state index < -0.39 is 0 Å². The van der Waals surface area contributed by atoms with Crippen LogP contribution in [0, 0.1) is 11.3 Å². The minimum atomic E-state index is 0.646. The molecule has 128 valence electrons. The molecule has 0 fully saturated rings. The number of allylic oxidation sites excluding steroid dienone is 9. The summed E-state index contributed by atoms with van der Waals surface area (Å²) in [5.41, 5.74) is 2.69. The number of hydrogen-bond acceptors (Lipinski definition) is 2. The molecule has 2 aromatic carbocycles. The largest absolute Gasteiger partial charge is 0.497 e. The molecule has 0 spiro atoms. The quantitative estimate of drug-likeness (QED) is 0.459. The van der Waals surface area contributed by atoms with Crippen LogP contribution in [0.1, 0.15) is 11.1 Å². The maximum absolute atomic E-state index is 9.21. The Kier molecular flexibility index (Phi) is 7.99. The van der Waals surface area contributed by atoms with E-state index in [4.69, 9.17) is 4.74 Å². The van der Waals surface area contributed by atoms with Gasteiger partial charge in [0.1, 0.15) is 5.75 Å². The SMILES string of the molecule is COc1ccc(/C=C/C=C/C=C/C=C/C=C(\C#N)c2ccccc2)cc1. The first-order chi connectivity index (χ1) is 12.8. The van der Waals surface area contributed by atoms with Gasteiger partial charge in [0, 0.05) is 0 Å². The van der Waals surface area contributed by atoms with Gasteiger partial charge < -0.3 is 4.74 Å². The third kappa shape index (κ3) is 6.51. The molecular weight excluding hydrogens is 318 g/mol. The van der Waals surface area contributed by atoms with Gasteiger partial charge in [0.15, 0.2) is 0 Å². The van der Waals surface area contributed by atoms with Crippen molar-refractivity contribution in [1.29, 1.82) is 5.26 Å². The lowest BCUT2D eigenvalue weighted by Crippen LogP contribution is -1.81. The van der Waals surface area contributed by atoms with Crippen LogP contribution in [0.2, 0.25) is 0 Å². The van der Waals surface area contributed by atoms with E-state index >= 15 is 0 Å². The van der Waals surface area contributed by atoms with Crippen LogP contribution in [0.25, 0.3) is 11.6 Å². The van der Waals surface area contributed by atoms with E-state index in [9.17, 15) is 5.26 Å². The Morgan fingerprint density at radius 1 is 0.808 bits per heavy atom. The van der Waals surface area contributed by atoms with Gasteiger partial charge in [-0.05, 0) is 29.3 Å². The van der Waals surface area contributed by atoms with E-state index in [0.717, 1.165) is 16.9 Å². The molecule has 26 heavy (non-hydrogen) atoms. The molecule has 0 heterocycles. The van der Waals surface area contributed by atoms with Gasteiger partial charge in [-0.3, -0.25) is 0 Å². The molecule has 0 aromatic heterocycles.